The van der Waals surface area contributed by atoms with Crippen LogP contribution in [0.25, 0.3) is 0 Å². The van der Waals surface area contributed by atoms with Crippen molar-refractivity contribution >= 4 is 10.1 Å². The van der Waals surface area contributed by atoms with E-state index in [1.54, 1.807) is 0 Å². The average Bonchev–Trinajstić information content (AvgIpc) is 2.50. The van der Waals surface area contributed by atoms with Crippen LogP contribution in [-0.4, -0.2) is 92.2 Å². The average molecular weight is 372 g/mol. The summed E-state index contributed by atoms with van der Waals surface area (Å²) in [4.78, 5) is 0. The summed E-state index contributed by atoms with van der Waals surface area (Å²) in [6.45, 7) is 0.0680. The van der Waals surface area contributed by atoms with E-state index in [1.165, 1.54) is 7.11 Å². The van der Waals surface area contributed by atoms with Crippen LogP contribution in [0, 0.1) is 12.5 Å². The zero-order chi connectivity index (χ0) is 18.8. The molecule has 1 aliphatic rings. The van der Waals surface area contributed by atoms with E-state index in [0.717, 1.165) is 7.11 Å². The van der Waals surface area contributed by atoms with E-state index in [1.807, 2.05) is 6.11 Å². The van der Waals surface area contributed by atoms with Gasteiger partial charge in [0.2, 0.25) is 0 Å². The van der Waals surface area contributed by atoms with E-state index in [0.29, 0.717) is 0 Å². The van der Waals surface area contributed by atoms with E-state index in [2.05, 4.69) is 0 Å². The maximum Gasteiger partial charge on any atom is 0.267 e. The second-order valence-corrected chi connectivity index (χ2v) is 6.31. The van der Waals surface area contributed by atoms with Crippen LogP contribution >= 0.6 is 0 Å². The molecule has 1 aliphatic heterocycles. The maximum atomic E-state index is 10.9. The van der Waals surface area contributed by atoms with Crippen molar-refractivity contribution in [2.24, 2.45) is 0 Å². The molecule has 0 aromatic heterocycles. The number of aliphatic hydroxyl groups is 3. The van der Waals surface area contributed by atoms with Crippen molar-refractivity contribution in [1.82, 2.24) is 0 Å². The summed E-state index contributed by atoms with van der Waals surface area (Å²) >= 11 is 0. The Morgan fingerprint density at radius 3 is 2.42 bits per heavy atom. The molecular formula is C13H24O10S. The first-order chi connectivity index (χ1) is 11.3. The third kappa shape index (κ3) is 8.76. The summed E-state index contributed by atoms with van der Waals surface area (Å²) in [7, 11) is -1.90. The standard InChI is InChI=1S/C12H20O9S.CH4O/c1-3-19-8(5-18-2)6-20-12-10(14)4-9(13)11(21-12)7-22(15,16)17;1-2/h1,8-14H,4-7H2,2H3,(H,15,16,17);2H,1H3/t8?,9-,10?,11?,12-;/m0./s1. The lowest BCUT2D eigenvalue weighted by Crippen LogP contribution is -2.51. The molecule has 3 unspecified atom stereocenters. The number of ether oxygens (including phenoxy) is 4. The molecule has 11 heteroatoms. The van der Waals surface area contributed by atoms with Gasteiger partial charge in [0.15, 0.2) is 12.4 Å². The van der Waals surface area contributed by atoms with Crippen molar-refractivity contribution in [3.8, 4) is 12.5 Å². The minimum Gasteiger partial charge on any atom is -0.439 e. The lowest BCUT2D eigenvalue weighted by atomic mass is 10.0. The molecule has 1 saturated heterocycles. The quantitative estimate of drug-likeness (QED) is 0.277. The normalized spacial score (nSPS) is 28.2. The Morgan fingerprint density at radius 2 is 1.92 bits per heavy atom. The molecule has 1 heterocycles. The molecule has 0 spiro atoms. The maximum absolute atomic E-state index is 10.9. The third-order valence-corrected chi connectivity index (χ3v) is 3.69. The van der Waals surface area contributed by atoms with Gasteiger partial charge in [-0.25, -0.2) is 0 Å². The molecule has 5 atom stereocenters. The van der Waals surface area contributed by atoms with Gasteiger partial charge in [-0.2, -0.15) is 8.42 Å². The topological polar surface area (TPSA) is 152 Å². The van der Waals surface area contributed by atoms with Gasteiger partial charge in [-0.3, -0.25) is 4.55 Å². The molecule has 4 N–H and O–H groups in total. The van der Waals surface area contributed by atoms with Gasteiger partial charge >= 0.3 is 0 Å². The Bertz CT molecular complexity index is 474. The second-order valence-electron chi connectivity index (χ2n) is 4.81. The Balaban J connectivity index is 0.00000254. The zero-order valence-corrected chi connectivity index (χ0v) is 14.3. The SMILES string of the molecule is C#COC(COC)CO[C@H]1OC(CS(=O)(=O)O)[C@@H](O)CC1O.CO. The number of hydrogen-bond donors (Lipinski definition) is 4. The van der Waals surface area contributed by atoms with Crippen molar-refractivity contribution in [1.29, 1.82) is 0 Å². The fourth-order valence-electron chi connectivity index (χ4n) is 1.97. The highest BCUT2D eigenvalue weighted by atomic mass is 32.2. The summed E-state index contributed by atoms with van der Waals surface area (Å²) in [6, 6.07) is 0. The third-order valence-electron chi connectivity index (χ3n) is 2.94. The lowest BCUT2D eigenvalue weighted by Gasteiger charge is -2.36. The minimum absolute atomic E-state index is 0.0749. The molecule has 0 aliphatic carbocycles. The van der Waals surface area contributed by atoms with Crippen LogP contribution in [0.5, 0.6) is 0 Å². The van der Waals surface area contributed by atoms with Gasteiger partial charge in [0, 0.05) is 20.6 Å². The van der Waals surface area contributed by atoms with Gasteiger partial charge < -0.3 is 34.3 Å². The molecule has 1 rings (SSSR count). The molecule has 142 valence electrons. The van der Waals surface area contributed by atoms with Gasteiger partial charge in [-0.05, 0) is 0 Å². The highest BCUT2D eigenvalue weighted by Gasteiger charge is 2.39. The zero-order valence-electron chi connectivity index (χ0n) is 13.4. The first-order valence-corrected chi connectivity index (χ1v) is 8.51. The summed E-state index contributed by atoms with van der Waals surface area (Å²) in [6.07, 6.45) is 1.44. The summed E-state index contributed by atoms with van der Waals surface area (Å²) in [5.41, 5.74) is 0. The van der Waals surface area contributed by atoms with Crippen LogP contribution in [0.4, 0.5) is 0 Å². The molecule has 0 aromatic carbocycles. The van der Waals surface area contributed by atoms with Gasteiger partial charge in [-0.15, -0.1) is 0 Å². The van der Waals surface area contributed by atoms with Crippen LogP contribution in [-0.2, 0) is 29.1 Å². The fourth-order valence-corrected chi connectivity index (χ4v) is 2.69. The van der Waals surface area contributed by atoms with E-state index < -0.39 is 46.6 Å². The van der Waals surface area contributed by atoms with Crippen molar-refractivity contribution in [3.05, 3.63) is 0 Å². The van der Waals surface area contributed by atoms with Crippen LogP contribution in [0.2, 0.25) is 0 Å². The highest BCUT2D eigenvalue weighted by molar-refractivity contribution is 7.85. The van der Waals surface area contributed by atoms with Gasteiger partial charge in [0.1, 0.15) is 24.1 Å². The number of hydrogen-bond acceptors (Lipinski definition) is 9. The van der Waals surface area contributed by atoms with Gasteiger partial charge in [-0.1, -0.05) is 6.42 Å². The van der Waals surface area contributed by atoms with E-state index in [9.17, 15) is 18.6 Å². The number of terminal acetylenes is 1. The smallest absolute Gasteiger partial charge is 0.267 e. The Morgan fingerprint density at radius 1 is 1.29 bits per heavy atom. The minimum atomic E-state index is -4.34. The molecule has 24 heavy (non-hydrogen) atoms. The van der Waals surface area contributed by atoms with E-state index in [4.69, 9.17) is 35.0 Å². The van der Waals surface area contributed by atoms with E-state index >= 15 is 0 Å². The Labute approximate surface area is 141 Å². The molecular weight excluding hydrogens is 348 g/mol. The molecule has 0 aromatic rings. The molecule has 0 amide bonds. The lowest BCUT2D eigenvalue weighted by molar-refractivity contribution is -0.266. The molecule has 0 saturated carbocycles. The van der Waals surface area contributed by atoms with Crippen LogP contribution < -0.4 is 0 Å². The first-order valence-electron chi connectivity index (χ1n) is 6.90. The predicted octanol–water partition coefficient (Wildman–Crippen LogP) is -2.04. The van der Waals surface area contributed by atoms with Gasteiger partial charge in [0.05, 0.1) is 19.3 Å². The summed E-state index contributed by atoms with van der Waals surface area (Å²) in [5.74, 6) is -0.802. The Hall–Kier alpha value is -0.970. The largest absolute Gasteiger partial charge is 0.439 e. The monoisotopic (exact) mass is 372 g/mol. The molecule has 0 bridgehead atoms. The van der Waals surface area contributed by atoms with Crippen molar-refractivity contribution in [3.63, 3.8) is 0 Å². The van der Waals surface area contributed by atoms with E-state index in [-0.39, 0.29) is 19.6 Å². The van der Waals surface area contributed by atoms with Gasteiger partial charge in [0.25, 0.3) is 10.1 Å². The molecule has 1 fully saturated rings. The predicted molar refractivity (Wildman–Crippen MR) is 81.4 cm³/mol. The second kappa shape index (κ2) is 11.6. The molecule has 0 radical (unpaired) electrons. The van der Waals surface area contributed by atoms with Crippen molar-refractivity contribution in [2.45, 2.75) is 37.1 Å². The Kier molecular flexibility index (Phi) is 11.1. The number of rotatable bonds is 8. The number of aliphatic hydroxyl groups excluding tert-OH is 3. The van der Waals surface area contributed by atoms with Crippen LogP contribution in [0.1, 0.15) is 6.42 Å². The first kappa shape index (κ1) is 23.0. The van der Waals surface area contributed by atoms with Crippen molar-refractivity contribution in [2.75, 3.05) is 33.2 Å². The van der Waals surface area contributed by atoms with Crippen molar-refractivity contribution < 1.29 is 47.2 Å². The van der Waals surface area contributed by atoms with Crippen LogP contribution in [0.15, 0.2) is 0 Å². The highest BCUT2D eigenvalue weighted by Crippen LogP contribution is 2.22. The summed E-state index contributed by atoms with van der Waals surface area (Å²) in [5, 5.41) is 26.5. The van der Waals surface area contributed by atoms with Crippen LogP contribution in [0.3, 0.4) is 0 Å². The fraction of sp³-hybridized carbons (Fsp3) is 0.846. The summed E-state index contributed by atoms with van der Waals surface area (Å²) < 4.78 is 50.8. The molecule has 10 nitrogen and oxygen atoms in total. The number of methoxy groups -OCH3 is 1.